The number of halogens is 1. The average molecular weight is 289 g/mol. The number of benzene rings is 2. The van der Waals surface area contributed by atoms with E-state index in [9.17, 15) is 4.79 Å². The van der Waals surface area contributed by atoms with Crippen LogP contribution in [0.4, 0.5) is 0 Å². The molecule has 0 aromatic heterocycles. The zero-order valence-electron chi connectivity index (χ0n) is 9.40. The van der Waals surface area contributed by atoms with Gasteiger partial charge in [0.1, 0.15) is 0 Å². The van der Waals surface area contributed by atoms with Crippen LogP contribution >= 0.6 is 15.9 Å². The zero-order chi connectivity index (χ0) is 12.1. The molecule has 0 radical (unpaired) electrons. The highest BCUT2D eigenvalue weighted by Gasteiger charge is 2.05. The van der Waals surface area contributed by atoms with Crippen LogP contribution in [-0.4, -0.2) is 5.78 Å². The van der Waals surface area contributed by atoms with Crippen molar-refractivity contribution in [2.45, 2.75) is 12.8 Å². The van der Waals surface area contributed by atoms with Gasteiger partial charge in [0.25, 0.3) is 0 Å². The van der Waals surface area contributed by atoms with Crippen molar-refractivity contribution >= 4 is 21.7 Å². The Morgan fingerprint density at radius 1 is 1.00 bits per heavy atom. The van der Waals surface area contributed by atoms with Crippen molar-refractivity contribution in [1.82, 2.24) is 0 Å². The van der Waals surface area contributed by atoms with Crippen molar-refractivity contribution in [2.75, 3.05) is 0 Å². The lowest BCUT2D eigenvalue weighted by atomic mass is 10.0. The number of rotatable bonds is 4. The smallest absolute Gasteiger partial charge is 0.163 e. The van der Waals surface area contributed by atoms with Gasteiger partial charge in [0.15, 0.2) is 5.78 Å². The second-order valence-corrected chi connectivity index (χ2v) is 4.83. The molecule has 2 aromatic carbocycles. The van der Waals surface area contributed by atoms with E-state index in [4.69, 9.17) is 0 Å². The van der Waals surface area contributed by atoms with Crippen molar-refractivity contribution < 1.29 is 4.79 Å². The summed E-state index contributed by atoms with van der Waals surface area (Å²) in [6.07, 6.45) is 1.34. The van der Waals surface area contributed by atoms with Crippen LogP contribution in [-0.2, 0) is 6.42 Å². The summed E-state index contributed by atoms with van der Waals surface area (Å²) in [6, 6.07) is 17.5. The first kappa shape index (κ1) is 12.1. The third-order valence-corrected chi connectivity index (χ3v) is 3.12. The highest BCUT2D eigenvalue weighted by atomic mass is 79.9. The van der Waals surface area contributed by atoms with Gasteiger partial charge in [0.05, 0.1) is 0 Å². The van der Waals surface area contributed by atoms with E-state index < -0.39 is 0 Å². The van der Waals surface area contributed by atoms with E-state index in [0.717, 1.165) is 16.5 Å². The lowest BCUT2D eigenvalue weighted by Gasteiger charge is -2.02. The standard InChI is InChI=1S/C15H13BrO/c16-14-8-4-5-12(11-14)9-10-15(17)13-6-2-1-3-7-13/h1-8,11H,9-10H2. The van der Waals surface area contributed by atoms with Crippen LogP contribution in [0.15, 0.2) is 59.1 Å². The Balaban J connectivity index is 1.97. The molecule has 0 spiro atoms. The zero-order valence-corrected chi connectivity index (χ0v) is 11.0. The monoisotopic (exact) mass is 288 g/mol. The van der Waals surface area contributed by atoms with Crippen LogP contribution in [0.2, 0.25) is 0 Å². The van der Waals surface area contributed by atoms with Gasteiger partial charge in [-0.25, -0.2) is 0 Å². The van der Waals surface area contributed by atoms with Crippen molar-refractivity contribution in [3.63, 3.8) is 0 Å². The molecule has 0 saturated carbocycles. The molecule has 0 aliphatic carbocycles. The maximum atomic E-state index is 11.9. The maximum absolute atomic E-state index is 11.9. The van der Waals surface area contributed by atoms with Gasteiger partial charge in [-0.15, -0.1) is 0 Å². The summed E-state index contributed by atoms with van der Waals surface area (Å²) in [5.74, 6) is 0.200. The molecule has 0 fully saturated rings. The van der Waals surface area contributed by atoms with Gasteiger partial charge in [0.2, 0.25) is 0 Å². The third-order valence-electron chi connectivity index (χ3n) is 2.63. The fourth-order valence-corrected chi connectivity index (χ4v) is 2.17. The minimum Gasteiger partial charge on any atom is -0.294 e. The highest BCUT2D eigenvalue weighted by molar-refractivity contribution is 9.10. The predicted molar refractivity (Wildman–Crippen MR) is 73.2 cm³/mol. The summed E-state index contributed by atoms with van der Waals surface area (Å²) in [5.41, 5.74) is 1.98. The molecule has 2 aromatic rings. The SMILES string of the molecule is O=C(CCc1cccc(Br)c1)c1ccccc1. The Morgan fingerprint density at radius 3 is 2.47 bits per heavy atom. The first-order valence-electron chi connectivity index (χ1n) is 5.58. The molecular formula is C15H13BrO. The summed E-state index contributed by atoms with van der Waals surface area (Å²) >= 11 is 3.43. The molecular weight excluding hydrogens is 276 g/mol. The molecule has 0 bridgehead atoms. The number of carbonyl (C=O) groups is 1. The van der Waals surface area contributed by atoms with Crippen LogP contribution in [0, 0.1) is 0 Å². The molecule has 17 heavy (non-hydrogen) atoms. The Kier molecular flexibility index (Phi) is 4.10. The van der Waals surface area contributed by atoms with Gasteiger partial charge in [-0.1, -0.05) is 58.4 Å². The molecule has 0 unspecified atom stereocenters. The van der Waals surface area contributed by atoms with Crippen molar-refractivity contribution in [3.05, 3.63) is 70.2 Å². The number of carbonyl (C=O) groups excluding carboxylic acids is 1. The van der Waals surface area contributed by atoms with Crippen molar-refractivity contribution in [3.8, 4) is 0 Å². The van der Waals surface area contributed by atoms with E-state index in [1.165, 1.54) is 5.56 Å². The van der Waals surface area contributed by atoms with E-state index in [1.807, 2.05) is 48.5 Å². The maximum Gasteiger partial charge on any atom is 0.163 e. The van der Waals surface area contributed by atoms with Crippen LogP contribution in [0.5, 0.6) is 0 Å². The lowest BCUT2D eigenvalue weighted by Crippen LogP contribution is -2.00. The van der Waals surface area contributed by atoms with E-state index in [-0.39, 0.29) is 5.78 Å². The largest absolute Gasteiger partial charge is 0.294 e. The number of hydrogen-bond donors (Lipinski definition) is 0. The number of aryl methyl sites for hydroxylation is 1. The van der Waals surface area contributed by atoms with Gasteiger partial charge in [-0.3, -0.25) is 4.79 Å². The number of ketones is 1. The molecule has 0 amide bonds. The Labute approximate surface area is 110 Å². The summed E-state index contributed by atoms with van der Waals surface area (Å²) in [4.78, 5) is 11.9. The predicted octanol–water partition coefficient (Wildman–Crippen LogP) is 4.26. The summed E-state index contributed by atoms with van der Waals surface area (Å²) in [5, 5.41) is 0. The fourth-order valence-electron chi connectivity index (χ4n) is 1.72. The van der Waals surface area contributed by atoms with E-state index in [0.29, 0.717) is 6.42 Å². The quantitative estimate of drug-likeness (QED) is 0.768. The molecule has 0 aliphatic heterocycles. The van der Waals surface area contributed by atoms with Gasteiger partial charge in [-0.05, 0) is 24.1 Å². The van der Waals surface area contributed by atoms with Crippen molar-refractivity contribution in [1.29, 1.82) is 0 Å². The third kappa shape index (κ3) is 3.53. The van der Waals surface area contributed by atoms with E-state index >= 15 is 0 Å². The molecule has 1 nitrogen and oxygen atoms in total. The minimum absolute atomic E-state index is 0.200. The van der Waals surface area contributed by atoms with Crippen LogP contribution in [0.25, 0.3) is 0 Å². The molecule has 0 atom stereocenters. The average Bonchev–Trinajstić information content (AvgIpc) is 2.37. The fraction of sp³-hybridized carbons (Fsp3) is 0.133. The normalized spacial score (nSPS) is 10.2. The number of hydrogen-bond acceptors (Lipinski definition) is 1. The highest BCUT2D eigenvalue weighted by Crippen LogP contribution is 2.14. The molecule has 2 heteroatoms. The topological polar surface area (TPSA) is 17.1 Å². The second kappa shape index (κ2) is 5.78. The molecule has 0 aliphatic rings. The Bertz CT molecular complexity index is 505. The summed E-state index contributed by atoms with van der Waals surface area (Å²) in [6.45, 7) is 0. The van der Waals surface area contributed by atoms with Gasteiger partial charge in [0, 0.05) is 16.5 Å². The Hall–Kier alpha value is -1.41. The van der Waals surface area contributed by atoms with Crippen LogP contribution in [0.1, 0.15) is 22.3 Å². The first-order valence-corrected chi connectivity index (χ1v) is 6.38. The van der Waals surface area contributed by atoms with Gasteiger partial charge in [-0.2, -0.15) is 0 Å². The number of Topliss-reactive ketones (excluding diaryl/α,β-unsaturated/α-hetero) is 1. The summed E-state index contributed by atoms with van der Waals surface area (Å²) in [7, 11) is 0. The van der Waals surface area contributed by atoms with Gasteiger partial charge < -0.3 is 0 Å². The molecule has 0 saturated heterocycles. The van der Waals surface area contributed by atoms with Crippen LogP contribution in [0.3, 0.4) is 0 Å². The second-order valence-electron chi connectivity index (χ2n) is 3.92. The molecule has 2 rings (SSSR count). The van der Waals surface area contributed by atoms with E-state index in [2.05, 4.69) is 22.0 Å². The molecule has 0 N–H and O–H groups in total. The van der Waals surface area contributed by atoms with E-state index in [1.54, 1.807) is 0 Å². The summed E-state index contributed by atoms with van der Waals surface area (Å²) < 4.78 is 1.06. The first-order chi connectivity index (χ1) is 8.25. The van der Waals surface area contributed by atoms with Gasteiger partial charge >= 0.3 is 0 Å². The molecule has 86 valence electrons. The van der Waals surface area contributed by atoms with Crippen LogP contribution < -0.4 is 0 Å². The van der Waals surface area contributed by atoms with Crippen molar-refractivity contribution in [2.24, 2.45) is 0 Å². The lowest BCUT2D eigenvalue weighted by molar-refractivity contribution is 0.0983. The molecule has 0 heterocycles. The minimum atomic E-state index is 0.200. The Morgan fingerprint density at radius 2 is 1.76 bits per heavy atom.